The van der Waals surface area contributed by atoms with E-state index in [2.05, 4.69) is 55.6 Å². The first-order valence-corrected chi connectivity index (χ1v) is 29.4. The number of nitrogens with one attached hydrogen (secondary N) is 1. The molecular weight excluding hydrogens is 883 g/mol. The van der Waals surface area contributed by atoms with E-state index in [1.54, 1.807) is 0 Å². The third-order valence-corrected chi connectivity index (χ3v) is 14.1. The molecule has 1 aliphatic heterocycles. The molecule has 0 aromatic rings. The van der Waals surface area contributed by atoms with E-state index in [4.69, 9.17) is 9.47 Å². The van der Waals surface area contributed by atoms with E-state index in [-0.39, 0.29) is 12.8 Å². The summed E-state index contributed by atoms with van der Waals surface area (Å²) in [6, 6.07) is -1.19. The number of hydrogen-bond donors (Lipinski definition) is 8. The van der Waals surface area contributed by atoms with Crippen LogP contribution in [0.1, 0.15) is 264 Å². The molecule has 9 unspecified atom stereocenters. The monoisotopic (exact) mass is 994 g/mol. The van der Waals surface area contributed by atoms with Gasteiger partial charge in [0.2, 0.25) is 5.91 Å². The van der Waals surface area contributed by atoms with Gasteiger partial charge in [-0.25, -0.2) is 0 Å². The van der Waals surface area contributed by atoms with Gasteiger partial charge >= 0.3 is 0 Å². The summed E-state index contributed by atoms with van der Waals surface area (Å²) in [7, 11) is 0. The highest BCUT2D eigenvalue weighted by Gasteiger charge is 2.44. The molecule has 1 amide bonds. The van der Waals surface area contributed by atoms with Crippen LogP contribution >= 0.6 is 0 Å². The minimum atomic E-state index is -1.67. The molecule has 0 aromatic heterocycles. The van der Waals surface area contributed by atoms with Crippen LogP contribution in [0.4, 0.5) is 0 Å². The van der Waals surface area contributed by atoms with Gasteiger partial charge in [0.1, 0.15) is 36.6 Å². The normalized spacial score (nSPS) is 20.5. The number of ether oxygens (including phenoxy) is 2. The SMILES string of the molecule is CCCCCCCCCCCCC/C=C\CCCCCCCCC(O)C(=O)NC(COC1OC(CO)C(O)C(O)C1O)C(O)C(O)CCC/C=C/CC/C=C/CCCCCCCCCCCCCCC. The van der Waals surface area contributed by atoms with Gasteiger partial charge in [-0.1, -0.05) is 224 Å². The maximum atomic E-state index is 13.2. The van der Waals surface area contributed by atoms with Gasteiger partial charge in [0, 0.05) is 0 Å². The third-order valence-electron chi connectivity index (χ3n) is 14.1. The standard InChI is InChI=1S/C59H111NO10/c1-3-5-7-9-11-13-15-17-19-21-23-25-27-28-30-32-34-36-38-40-42-44-46-51(62)54(64)50(49-69-59-57(67)56(66)55(65)53(48-61)70-59)60-58(68)52(63)47-45-43-41-39-37-35-33-31-29-26-24-22-20-18-16-14-12-10-8-6-4-2/h29-32,38,40,50-57,59,61-67H,3-28,33-37,39,41-49H2,1-2H3,(H,60,68)/b31-29-,32-30+,40-38+. The number of aliphatic hydroxyl groups excluding tert-OH is 7. The summed E-state index contributed by atoms with van der Waals surface area (Å²) in [5.74, 6) is -0.713. The fraction of sp³-hybridized carbons (Fsp3) is 0.881. The first-order chi connectivity index (χ1) is 34.2. The summed E-state index contributed by atoms with van der Waals surface area (Å²) in [5, 5.41) is 76.1. The number of rotatable bonds is 50. The molecule has 1 rings (SSSR count). The first kappa shape index (κ1) is 66.3. The third kappa shape index (κ3) is 36.3. The van der Waals surface area contributed by atoms with Crippen LogP contribution in [0.25, 0.3) is 0 Å². The lowest BCUT2D eigenvalue weighted by atomic mass is 9.98. The molecule has 1 heterocycles. The van der Waals surface area contributed by atoms with Crippen LogP contribution < -0.4 is 5.32 Å². The Balaban J connectivity index is 2.35. The van der Waals surface area contributed by atoms with Gasteiger partial charge < -0.3 is 50.5 Å². The van der Waals surface area contributed by atoms with E-state index in [1.165, 1.54) is 161 Å². The van der Waals surface area contributed by atoms with Crippen molar-refractivity contribution in [1.82, 2.24) is 5.32 Å². The Labute approximate surface area is 428 Å². The molecule has 1 aliphatic rings. The molecule has 11 nitrogen and oxygen atoms in total. The summed E-state index contributed by atoms with van der Waals surface area (Å²) in [6.07, 6.45) is 47.7. The molecule has 0 aliphatic carbocycles. The molecular formula is C59H111NO10. The average Bonchev–Trinajstić information content (AvgIpc) is 3.36. The second kappa shape index (κ2) is 48.3. The summed E-state index contributed by atoms with van der Waals surface area (Å²) >= 11 is 0. The van der Waals surface area contributed by atoms with E-state index in [0.29, 0.717) is 19.3 Å². The van der Waals surface area contributed by atoms with Crippen molar-refractivity contribution in [2.24, 2.45) is 0 Å². The zero-order chi connectivity index (χ0) is 51.1. The fourth-order valence-electron chi connectivity index (χ4n) is 9.34. The zero-order valence-corrected chi connectivity index (χ0v) is 45.0. The first-order valence-electron chi connectivity index (χ1n) is 29.4. The number of aliphatic hydroxyl groups is 7. The van der Waals surface area contributed by atoms with Gasteiger partial charge in [-0.3, -0.25) is 4.79 Å². The van der Waals surface area contributed by atoms with Crippen LogP contribution in [-0.4, -0.2) is 110 Å². The van der Waals surface area contributed by atoms with Gasteiger partial charge in [0.15, 0.2) is 6.29 Å². The number of allylic oxidation sites excluding steroid dienone is 6. The lowest BCUT2D eigenvalue weighted by Crippen LogP contribution is -2.60. The largest absolute Gasteiger partial charge is 0.394 e. The van der Waals surface area contributed by atoms with Gasteiger partial charge in [-0.05, 0) is 77.0 Å². The maximum absolute atomic E-state index is 13.2. The van der Waals surface area contributed by atoms with E-state index in [9.17, 15) is 40.5 Å². The van der Waals surface area contributed by atoms with Gasteiger partial charge in [-0.15, -0.1) is 0 Å². The summed E-state index contributed by atoms with van der Waals surface area (Å²) in [4.78, 5) is 13.2. The van der Waals surface area contributed by atoms with Crippen LogP contribution in [-0.2, 0) is 14.3 Å². The van der Waals surface area contributed by atoms with Crippen molar-refractivity contribution >= 4 is 5.91 Å². The molecule has 70 heavy (non-hydrogen) atoms. The molecule has 8 N–H and O–H groups in total. The molecule has 0 saturated carbocycles. The summed E-state index contributed by atoms with van der Waals surface area (Å²) < 4.78 is 11.1. The van der Waals surface area contributed by atoms with E-state index in [0.717, 1.165) is 57.8 Å². The number of amides is 1. The Morgan fingerprint density at radius 1 is 0.486 bits per heavy atom. The number of carbonyl (C=O) groups is 1. The topological polar surface area (TPSA) is 189 Å². The van der Waals surface area contributed by atoms with Crippen molar-refractivity contribution in [3.8, 4) is 0 Å². The Hall–Kier alpha value is -1.67. The summed E-state index contributed by atoms with van der Waals surface area (Å²) in [6.45, 7) is 3.46. The van der Waals surface area contributed by atoms with E-state index < -0.39 is 74.2 Å². The van der Waals surface area contributed by atoms with Gasteiger partial charge in [0.05, 0.1) is 25.4 Å². The number of hydrogen-bond acceptors (Lipinski definition) is 10. The van der Waals surface area contributed by atoms with Crippen LogP contribution in [0.2, 0.25) is 0 Å². The van der Waals surface area contributed by atoms with E-state index in [1.807, 2.05) is 0 Å². The molecule has 0 aromatic carbocycles. The maximum Gasteiger partial charge on any atom is 0.249 e. The van der Waals surface area contributed by atoms with Crippen LogP contribution in [0.5, 0.6) is 0 Å². The second-order valence-electron chi connectivity index (χ2n) is 20.7. The molecule has 0 bridgehead atoms. The fourth-order valence-corrected chi connectivity index (χ4v) is 9.34. The molecule has 0 radical (unpaired) electrons. The predicted molar refractivity (Wildman–Crippen MR) is 289 cm³/mol. The van der Waals surface area contributed by atoms with Crippen molar-refractivity contribution in [2.75, 3.05) is 13.2 Å². The molecule has 412 valence electrons. The van der Waals surface area contributed by atoms with Gasteiger partial charge in [-0.2, -0.15) is 0 Å². The number of unbranched alkanes of at least 4 members (excludes halogenated alkanes) is 32. The molecule has 9 atom stereocenters. The Kier molecular flexibility index (Phi) is 45.8. The minimum absolute atomic E-state index is 0.244. The van der Waals surface area contributed by atoms with Crippen molar-refractivity contribution in [3.63, 3.8) is 0 Å². The highest BCUT2D eigenvalue weighted by Crippen LogP contribution is 2.23. The molecule has 1 saturated heterocycles. The highest BCUT2D eigenvalue weighted by molar-refractivity contribution is 5.80. The lowest BCUT2D eigenvalue weighted by molar-refractivity contribution is -0.303. The zero-order valence-electron chi connectivity index (χ0n) is 45.0. The van der Waals surface area contributed by atoms with Crippen molar-refractivity contribution in [2.45, 2.75) is 319 Å². The Morgan fingerprint density at radius 3 is 1.27 bits per heavy atom. The van der Waals surface area contributed by atoms with Crippen molar-refractivity contribution in [3.05, 3.63) is 36.5 Å². The average molecular weight is 995 g/mol. The highest BCUT2D eigenvalue weighted by atomic mass is 16.7. The Morgan fingerprint density at radius 2 is 0.857 bits per heavy atom. The van der Waals surface area contributed by atoms with E-state index >= 15 is 0 Å². The van der Waals surface area contributed by atoms with Crippen LogP contribution in [0.15, 0.2) is 36.5 Å². The molecule has 1 fully saturated rings. The Bertz CT molecular complexity index is 1230. The molecule has 0 spiro atoms. The summed E-state index contributed by atoms with van der Waals surface area (Å²) in [5.41, 5.74) is 0. The quantitative estimate of drug-likeness (QED) is 0.0215. The number of carbonyl (C=O) groups excluding carboxylic acids is 1. The van der Waals surface area contributed by atoms with Crippen molar-refractivity contribution < 1.29 is 50.0 Å². The molecule has 11 heteroatoms. The second-order valence-corrected chi connectivity index (χ2v) is 20.7. The predicted octanol–water partition coefficient (Wildman–Crippen LogP) is 12.3. The lowest BCUT2D eigenvalue weighted by Gasteiger charge is -2.40. The van der Waals surface area contributed by atoms with Gasteiger partial charge in [0.25, 0.3) is 0 Å². The smallest absolute Gasteiger partial charge is 0.249 e. The van der Waals surface area contributed by atoms with Crippen molar-refractivity contribution in [1.29, 1.82) is 0 Å². The van der Waals surface area contributed by atoms with Crippen LogP contribution in [0, 0.1) is 0 Å². The van der Waals surface area contributed by atoms with Crippen LogP contribution in [0.3, 0.4) is 0 Å². The minimum Gasteiger partial charge on any atom is -0.394 e.